The highest BCUT2D eigenvalue weighted by Crippen LogP contribution is 2.35. The topological polar surface area (TPSA) is 44.8 Å². The third kappa shape index (κ3) is 3.53. The molecule has 0 aromatic carbocycles. The maximum Gasteiger partial charge on any atom is 0.0926 e. The molecule has 1 N–H and O–H groups in total. The molecule has 4 nitrogen and oxygen atoms in total. The fraction of sp³-hybridized carbons (Fsp3) is 0.400. The first-order chi connectivity index (χ1) is 12.3. The molecule has 0 amide bonds. The molecule has 5 heteroatoms. The molecule has 0 saturated heterocycles. The number of H-pyrrole nitrogens is 1. The highest BCUT2D eigenvalue weighted by Gasteiger charge is 2.31. The number of nitrogens with zero attached hydrogens (tertiary/aromatic N) is 3. The molecule has 0 bridgehead atoms. The van der Waals surface area contributed by atoms with Crippen LogP contribution in [-0.4, -0.2) is 26.4 Å². The van der Waals surface area contributed by atoms with Crippen LogP contribution < -0.4 is 0 Å². The quantitative estimate of drug-likeness (QED) is 0.717. The standard InChI is InChI=1S/C20H24N4S/c1-2-3-4-16-5-6-17(25-16)13-24-12-9-18-19(23-14-22-18)20(24)15-7-10-21-11-8-15/h5-8,10-11,14,20H,2-4,9,12-13H2,1H3,(H,22,23). The largest absolute Gasteiger partial charge is 0.348 e. The molecule has 1 unspecified atom stereocenters. The van der Waals surface area contributed by atoms with Crippen LogP contribution in [-0.2, 0) is 19.4 Å². The Kier molecular flexibility index (Phi) is 4.95. The zero-order chi connectivity index (χ0) is 17.1. The van der Waals surface area contributed by atoms with Gasteiger partial charge in [0.2, 0.25) is 0 Å². The van der Waals surface area contributed by atoms with Gasteiger partial charge in [0.1, 0.15) is 0 Å². The monoisotopic (exact) mass is 352 g/mol. The summed E-state index contributed by atoms with van der Waals surface area (Å²) in [7, 11) is 0. The van der Waals surface area contributed by atoms with E-state index in [0.717, 1.165) is 19.5 Å². The summed E-state index contributed by atoms with van der Waals surface area (Å²) in [6.45, 7) is 4.28. The zero-order valence-corrected chi connectivity index (χ0v) is 15.4. The fourth-order valence-corrected chi connectivity index (χ4v) is 4.69. The second-order valence-corrected chi connectivity index (χ2v) is 7.89. The van der Waals surface area contributed by atoms with Gasteiger partial charge in [-0.3, -0.25) is 9.88 Å². The number of aryl methyl sites for hydroxylation is 1. The number of hydrogen-bond acceptors (Lipinski definition) is 4. The highest BCUT2D eigenvalue weighted by molar-refractivity contribution is 7.11. The molecule has 25 heavy (non-hydrogen) atoms. The van der Waals surface area contributed by atoms with E-state index in [1.165, 1.54) is 46.0 Å². The van der Waals surface area contributed by atoms with Crippen molar-refractivity contribution in [3.8, 4) is 0 Å². The van der Waals surface area contributed by atoms with E-state index in [1.807, 2.05) is 30.1 Å². The number of unbranched alkanes of at least 4 members (excludes halogenated alkanes) is 1. The van der Waals surface area contributed by atoms with E-state index in [4.69, 9.17) is 0 Å². The fourth-order valence-electron chi connectivity index (χ4n) is 3.60. The van der Waals surface area contributed by atoms with Gasteiger partial charge >= 0.3 is 0 Å². The summed E-state index contributed by atoms with van der Waals surface area (Å²) in [5.41, 5.74) is 3.71. The van der Waals surface area contributed by atoms with Crippen LogP contribution in [0, 0.1) is 0 Å². The molecule has 0 fully saturated rings. The minimum Gasteiger partial charge on any atom is -0.348 e. The van der Waals surface area contributed by atoms with Crippen molar-refractivity contribution in [3.63, 3.8) is 0 Å². The van der Waals surface area contributed by atoms with Gasteiger partial charge < -0.3 is 4.98 Å². The third-order valence-electron chi connectivity index (χ3n) is 4.90. The molecule has 0 aliphatic carbocycles. The van der Waals surface area contributed by atoms with E-state index in [0.29, 0.717) is 0 Å². The number of fused-ring (bicyclic) bond motifs is 1. The first kappa shape index (κ1) is 16.5. The lowest BCUT2D eigenvalue weighted by atomic mass is 9.96. The summed E-state index contributed by atoms with van der Waals surface area (Å²) in [6, 6.07) is 9.05. The summed E-state index contributed by atoms with van der Waals surface area (Å²) in [5, 5.41) is 0. The van der Waals surface area contributed by atoms with Crippen molar-refractivity contribution in [1.82, 2.24) is 19.9 Å². The van der Waals surface area contributed by atoms with Gasteiger partial charge in [-0.05, 0) is 42.7 Å². The molecule has 0 saturated carbocycles. The Morgan fingerprint density at radius 3 is 2.88 bits per heavy atom. The van der Waals surface area contributed by atoms with E-state index in [2.05, 4.69) is 51.0 Å². The average molecular weight is 353 g/mol. The Bertz CT molecular complexity index is 808. The Labute approximate surface area is 153 Å². The molecule has 1 aliphatic rings. The van der Waals surface area contributed by atoms with Gasteiger partial charge in [0.05, 0.1) is 18.1 Å². The van der Waals surface area contributed by atoms with Gasteiger partial charge in [-0.15, -0.1) is 11.3 Å². The van der Waals surface area contributed by atoms with E-state index in [9.17, 15) is 0 Å². The maximum atomic E-state index is 4.64. The summed E-state index contributed by atoms with van der Waals surface area (Å²) in [6.07, 6.45) is 10.4. The first-order valence-electron chi connectivity index (χ1n) is 9.09. The molecular weight excluding hydrogens is 328 g/mol. The second-order valence-electron chi connectivity index (χ2n) is 6.64. The highest BCUT2D eigenvalue weighted by atomic mass is 32.1. The van der Waals surface area contributed by atoms with Gasteiger partial charge in [0.25, 0.3) is 0 Å². The number of aromatic nitrogens is 3. The minimum atomic E-state index is 0.208. The predicted molar refractivity (Wildman–Crippen MR) is 102 cm³/mol. The zero-order valence-electron chi connectivity index (χ0n) is 14.6. The molecule has 3 aromatic heterocycles. The van der Waals surface area contributed by atoms with Gasteiger partial charge in [-0.1, -0.05) is 13.3 Å². The molecule has 0 spiro atoms. The molecule has 0 radical (unpaired) electrons. The van der Waals surface area contributed by atoms with Crippen LogP contribution >= 0.6 is 11.3 Å². The van der Waals surface area contributed by atoms with Crippen molar-refractivity contribution in [2.45, 2.75) is 45.2 Å². The minimum absolute atomic E-state index is 0.208. The van der Waals surface area contributed by atoms with Crippen molar-refractivity contribution in [1.29, 1.82) is 0 Å². The van der Waals surface area contributed by atoms with Crippen LogP contribution in [0.25, 0.3) is 0 Å². The van der Waals surface area contributed by atoms with E-state index < -0.39 is 0 Å². The molecule has 1 atom stereocenters. The molecule has 130 valence electrons. The normalized spacial score (nSPS) is 17.6. The summed E-state index contributed by atoms with van der Waals surface area (Å²) in [4.78, 5) is 17.6. The Morgan fingerprint density at radius 1 is 1.20 bits per heavy atom. The van der Waals surface area contributed by atoms with Crippen LogP contribution in [0.3, 0.4) is 0 Å². The molecular formula is C20H24N4S. The van der Waals surface area contributed by atoms with Crippen molar-refractivity contribution in [2.24, 2.45) is 0 Å². The lowest BCUT2D eigenvalue weighted by molar-refractivity contribution is 0.202. The van der Waals surface area contributed by atoms with Crippen molar-refractivity contribution >= 4 is 11.3 Å². The summed E-state index contributed by atoms with van der Waals surface area (Å²) < 4.78 is 0. The van der Waals surface area contributed by atoms with E-state index in [1.54, 1.807) is 0 Å². The number of pyridine rings is 1. The van der Waals surface area contributed by atoms with E-state index >= 15 is 0 Å². The smallest absolute Gasteiger partial charge is 0.0926 e. The summed E-state index contributed by atoms with van der Waals surface area (Å²) in [5.74, 6) is 0. The molecule has 3 aromatic rings. The van der Waals surface area contributed by atoms with Crippen molar-refractivity contribution < 1.29 is 0 Å². The molecule has 4 rings (SSSR count). The number of aromatic amines is 1. The van der Waals surface area contributed by atoms with Crippen molar-refractivity contribution in [3.05, 3.63) is 69.7 Å². The van der Waals surface area contributed by atoms with Gasteiger partial charge in [0.15, 0.2) is 0 Å². The number of hydrogen-bond donors (Lipinski definition) is 1. The molecule has 4 heterocycles. The van der Waals surface area contributed by atoms with Gasteiger partial charge in [0, 0.05) is 47.4 Å². The number of nitrogens with one attached hydrogen (secondary N) is 1. The average Bonchev–Trinajstić information content (AvgIpc) is 3.29. The Balaban J connectivity index is 1.58. The number of thiophene rings is 1. The maximum absolute atomic E-state index is 4.64. The van der Waals surface area contributed by atoms with Gasteiger partial charge in [-0.25, -0.2) is 4.98 Å². The predicted octanol–water partition coefficient (Wildman–Crippen LogP) is 4.36. The van der Waals surface area contributed by atoms with Gasteiger partial charge in [-0.2, -0.15) is 0 Å². The SMILES string of the molecule is CCCCc1ccc(CN2CCc3[nH]cnc3C2c2ccncc2)s1. The Hall–Kier alpha value is -1.98. The van der Waals surface area contributed by atoms with Crippen LogP contribution in [0.5, 0.6) is 0 Å². The van der Waals surface area contributed by atoms with Crippen LogP contribution in [0.15, 0.2) is 43.0 Å². The van der Waals surface area contributed by atoms with Crippen molar-refractivity contribution in [2.75, 3.05) is 6.54 Å². The third-order valence-corrected chi connectivity index (χ3v) is 6.03. The number of imidazole rings is 1. The lowest BCUT2D eigenvalue weighted by Gasteiger charge is -2.34. The lowest BCUT2D eigenvalue weighted by Crippen LogP contribution is -2.35. The van der Waals surface area contributed by atoms with Crippen LogP contribution in [0.1, 0.15) is 52.5 Å². The summed E-state index contributed by atoms with van der Waals surface area (Å²) >= 11 is 1.96. The first-order valence-corrected chi connectivity index (χ1v) is 9.90. The second kappa shape index (κ2) is 7.50. The molecule has 1 aliphatic heterocycles. The Morgan fingerprint density at radius 2 is 2.04 bits per heavy atom. The van der Waals surface area contributed by atoms with Crippen LogP contribution in [0.2, 0.25) is 0 Å². The van der Waals surface area contributed by atoms with E-state index in [-0.39, 0.29) is 6.04 Å². The number of rotatable bonds is 6. The van der Waals surface area contributed by atoms with Crippen LogP contribution in [0.4, 0.5) is 0 Å².